The van der Waals surface area contributed by atoms with Crippen molar-refractivity contribution in [1.82, 2.24) is 4.90 Å². The van der Waals surface area contributed by atoms with E-state index < -0.39 is 5.60 Å². The van der Waals surface area contributed by atoms with Crippen LogP contribution in [0.3, 0.4) is 0 Å². The van der Waals surface area contributed by atoms with Gasteiger partial charge in [-0.2, -0.15) is 0 Å². The smallest absolute Gasteiger partial charge is 0.0842 e. The average Bonchev–Trinajstić information content (AvgIpc) is 2.19. The van der Waals surface area contributed by atoms with Gasteiger partial charge in [-0.15, -0.1) is 13.2 Å². The molecule has 1 aliphatic heterocycles. The normalized spacial score (nSPS) is 18.7. The lowest BCUT2D eigenvalue weighted by atomic mass is 9.94. The molecule has 0 spiro atoms. The first-order valence-corrected chi connectivity index (χ1v) is 5.44. The van der Waals surface area contributed by atoms with E-state index in [0.29, 0.717) is 19.4 Å². The predicted octanol–water partition coefficient (Wildman–Crippen LogP) is 1.20. The summed E-state index contributed by atoms with van der Waals surface area (Å²) >= 11 is 0. The van der Waals surface area contributed by atoms with Crippen LogP contribution in [0.5, 0.6) is 0 Å². The molecule has 3 nitrogen and oxygen atoms in total. The molecular formula is C12H21NO2. The highest BCUT2D eigenvalue weighted by molar-refractivity contribution is 4.94. The van der Waals surface area contributed by atoms with Gasteiger partial charge in [-0.05, 0) is 12.8 Å². The Balaban J connectivity index is 2.47. The molecule has 0 aromatic carbocycles. The van der Waals surface area contributed by atoms with Crippen molar-refractivity contribution in [2.24, 2.45) is 0 Å². The third kappa shape index (κ3) is 4.16. The highest BCUT2D eigenvalue weighted by Crippen LogP contribution is 2.18. The fourth-order valence-electron chi connectivity index (χ4n) is 1.93. The topological polar surface area (TPSA) is 32.7 Å². The van der Waals surface area contributed by atoms with Gasteiger partial charge in [-0.25, -0.2) is 0 Å². The van der Waals surface area contributed by atoms with Crippen LogP contribution >= 0.6 is 0 Å². The monoisotopic (exact) mass is 211 g/mol. The van der Waals surface area contributed by atoms with E-state index in [1.54, 1.807) is 12.2 Å². The van der Waals surface area contributed by atoms with Crippen LogP contribution < -0.4 is 0 Å². The predicted molar refractivity (Wildman–Crippen MR) is 61.8 cm³/mol. The minimum Gasteiger partial charge on any atom is -0.388 e. The molecule has 0 saturated carbocycles. The molecule has 0 aliphatic carbocycles. The third-order valence-corrected chi connectivity index (χ3v) is 2.67. The summed E-state index contributed by atoms with van der Waals surface area (Å²) in [6.45, 7) is 11.4. The zero-order valence-electron chi connectivity index (χ0n) is 9.32. The number of morpholine rings is 1. The maximum absolute atomic E-state index is 10.3. The maximum atomic E-state index is 10.3. The van der Waals surface area contributed by atoms with Crippen LogP contribution in [0.1, 0.15) is 12.8 Å². The molecule has 1 rings (SSSR count). The van der Waals surface area contributed by atoms with Crippen LogP contribution in [-0.2, 0) is 4.74 Å². The summed E-state index contributed by atoms with van der Waals surface area (Å²) < 4.78 is 5.27. The highest BCUT2D eigenvalue weighted by Gasteiger charge is 2.27. The first-order chi connectivity index (χ1) is 7.20. The second-order valence-electron chi connectivity index (χ2n) is 4.10. The second kappa shape index (κ2) is 6.05. The van der Waals surface area contributed by atoms with Crippen LogP contribution in [-0.4, -0.2) is 48.5 Å². The molecule has 0 unspecified atom stereocenters. The van der Waals surface area contributed by atoms with E-state index >= 15 is 0 Å². The Bertz CT molecular complexity index is 200. The van der Waals surface area contributed by atoms with E-state index in [9.17, 15) is 5.11 Å². The summed E-state index contributed by atoms with van der Waals surface area (Å²) in [5.41, 5.74) is -0.707. The minimum atomic E-state index is -0.707. The highest BCUT2D eigenvalue weighted by atomic mass is 16.5. The van der Waals surface area contributed by atoms with Crippen molar-refractivity contribution >= 4 is 0 Å². The molecule has 1 saturated heterocycles. The molecule has 1 aliphatic rings. The van der Waals surface area contributed by atoms with E-state index in [0.717, 1.165) is 26.3 Å². The lowest BCUT2D eigenvalue weighted by molar-refractivity contribution is -0.0289. The van der Waals surface area contributed by atoms with Crippen LogP contribution in [0.15, 0.2) is 25.3 Å². The largest absolute Gasteiger partial charge is 0.388 e. The summed E-state index contributed by atoms with van der Waals surface area (Å²) in [5.74, 6) is 0. The summed E-state index contributed by atoms with van der Waals surface area (Å²) in [6.07, 6.45) is 4.75. The van der Waals surface area contributed by atoms with Gasteiger partial charge < -0.3 is 9.84 Å². The van der Waals surface area contributed by atoms with Crippen molar-refractivity contribution in [3.05, 3.63) is 25.3 Å². The minimum absolute atomic E-state index is 0.608. The first kappa shape index (κ1) is 12.4. The van der Waals surface area contributed by atoms with Gasteiger partial charge in [-0.3, -0.25) is 4.90 Å². The lowest BCUT2D eigenvalue weighted by Gasteiger charge is -2.35. The number of hydrogen-bond acceptors (Lipinski definition) is 3. The molecule has 1 fully saturated rings. The molecule has 86 valence electrons. The van der Waals surface area contributed by atoms with E-state index in [2.05, 4.69) is 18.1 Å². The van der Waals surface area contributed by atoms with Crippen molar-refractivity contribution in [3.63, 3.8) is 0 Å². The van der Waals surface area contributed by atoms with E-state index in [1.165, 1.54) is 0 Å². The second-order valence-corrected chi connectivity index (χ2v) is 4.10. The number of β-amino-alcohol motifs (C(OH)–C–C–N with tert-alkyl or cyclic N) is 1. The van der Waals surface area contributed by atoms with Crippen molar-refractivity contribution in [2.45, 2.75) is 18.4 Å². The summed E-state index contributed by atoms with van der Waals surface area (Å²) in [7, 11) is 0. The summed E-state index contributed by atoms with van der Waals surface area (Å²) in [4.78, 5) is 2.23. The molecule has 0 radical (unpaired) electrons. The Morgan fingerprint density at radius 2 is 1.73 bits per heavy atom. The van der Waals surface area contributed by atoms with E-state index in [1.807, 2.05) is 0 Å². The van der Waals surface area contributed by atoms with Crippen LogP contribution in [0.25, 0.3) is 0 Å². The molecule has 0 aromatic heterocycles. The Hall–Kier alpha value is -0.640. The van der Waals surface area contributed by atoms with Crippen LogP contribution in [0, 0.1) is 0 Å². The standard InChI is InChI=1S/C12H21NO2/c1-3-5-12(14,6-4-2)11-13-7-9-15-10-8-13/h3-4,14H,1-2,5-11H2. The Morgan fingerprint density at radius 1 is 1.20 bits per heavy atom. The number of rotatable bonds is 6. The van der Waals surface area contributed by atoms with Crippen molar-refractivity contribution in [3.8, 4) is 0 Å². The zero-order valence-corrected chi connectivity index (χ0v) is 9.32. The molecule has 15 heavy (non-hydrogen) atoms. The van der Waals surface area contributed by atoms with Gasteiger partial charge in [-0.1, -0.05) is 12.2 Å². The van der Waals surface area contributed by atoms with Crippen LogP contribution in [0.4, 0.5) is 0 Å². The van der Waals surface area contributed by atoms with Gasteiger partial charge >= 0.3 is 0 Å². The summed E-state index contributed by atoms with van der Waals surface area (Å²) in [6, 6.07) is 0. The fraction of sp³-hybridized carbons (Fsp3) is 0.667. The third-order valence-electron chi connectivity index (χ3n) is 2.67. The lowest BCUT2D eigenvalue weighted by Crippen LogP contribution is -2.47. The van der Waals surface area contributed by atoms with E-state index in [4.69, 9.17) is 4.74 Å². The molecule has 3 heteroatoms. The van der Waals surface area contributed by atoms with Crippen LogP contribution in [0.2, 0.25) is 0 Å². The zero-order chi connectivity index (χ0) is 11.1. The molecule has 0 bridgehead atoms. The maximum Gasteiger partial charge on any atom is 0.0842 e. The van der Waals surface area contributed by atoms with Gasteiger partial charge in [0.2, 0.25) is 0 Å². The molecule has 1 N–H and O–H groups in total. The molecule has 1 heterocycles. The summed E-state index contributed by atoms with van der Waals surface area (Å²) in [5, 5.41) is 10.3. The van der Waals surface area contributed by atoms with Crippen molar-refractivity contribution < 1.29 is 9.84 Å². The van der Waals surface area contributed by atoms with Crippen molar-refractivity contribution in [2.75, 3.05) is 32.8 Å². The van der Waals surface area contributed by atoms with Crippen molar-refractivity contribution in [1.29, 1.82) is 0 Å². The van der Waals surface area contributed by atoms with Gasteiger partial charge in [0.05, 0.1) is 18.8 Å². The first-order valence-electron chi connectivity index (χ1n) is 5.44. The molecule has 0 atom stereocenters. The SMILES string of the molecule is C=CCC(O)(CC=C)CN1CCOCC1. The number of hydrogen-bond donors (Lipinski definition) is 1. The quantitative estimate of drug-likeness (QED) is 0.670. The number of aliphatic hydroxyl groups is 1. The Morgan fingerprint density at radius 3 is 2.20 bits per heavy atom. The van der Waals surface area contributed by atoms with Gasteiger partial charge in [0.1, 0.15) is 0 Å². The Labute approximate surface area is 92.0 Å². The average molecular weight is 211 g/mol. The number of ether oxygens (including phenoxy) is 1. The van der Waals surface area contributed by atoms with E-state index in [-0.39, 0.29) is 0 Å². The molecule has 0 aromatic rings. The van der Waals surface area contributed by atoms with Gasteiger partial charge in [0.25, 0.3) is 0 Å². The van der Waals surface area contributed by atoms with Gasteiger partial charge in [0, 0.05) is 19.6 Å². The molecule has 0 amide bonds. The Kier molecular flexibility index (Phi) is 5.02. The van der Waals surface area contributed by atoms with Gasteiger partial charge in [0.15, 0.2) is 0 Å². The molecular weight excluding hydrogens is 190 g/mol. The fourth-order valence-corrected chi connectivity index (χ4v) is 1.93. The number of nitrogens with zero attached hydrogens (tertiary/aromatic N) is 1.